The first-order valence-electron chi connectivity index (χ1n) is 13.2. The predicted molar refractivity (Wildman–Crippen MR) is 148 cm³/mol. The third kappa shape index (κ3) is 13.7. The second-order valence-corrected chi connectivity index (χ2v) is 7.14. The second-order valence-electron chi connectivity index (χ2n) is 7.14. The zero-order valence-corrected chi connectivity index (χ0v) is 23.5. The number of nitrogens with zero attached hydrogens (tertiary/aromatic N) is 2. The number of amides is 1. The average molecular weight is 494 g/mol. The van der Waals surface area contributed by atoms with Crippen molar-refractivity contribution in [2.45, 2.75) is 81.6 Å². The molecule has 6 heteroatoms. The fraction of sp³-hybridized carbons (Fsp3) is 0.552. The summed E-state index contributed by atoms with van der Waals surface area (Å²) in [5.74, 6) is -2.14. The first-order valence-corrected chi connectivity index (χ1v) is 13.2. The molecule has 1 N–H and O–H groups in total. The molecule has 0 bridgehead atoms. The standard InChI is InChI=1S/C23H31F2N3O.3C2H6/c1-4-27(23(29)18(2)16-20(25)17-19(3)24)15-9-12-26-21-10-5-6-11-22(21)28-13-7-8-14-28;3*1-2/h7-8,10-11,13-14,16-18,26H,4-6,9,12,15H2,1-3H3;3*1-2H3/b19-17+,20-16+;;;. The zero-order chi connectivity index (χ0) is 27.2. The van der Waals surface area contributed by atoms with E-state index >= 15 is 0 Å². The SMILES string of the molecule is CC.CC.CC.CCN(CCCNC1=CCCC=C1n1cccc1)C(=O)C(C)/C=C(F)\C=C(/C)F. The minimum Gasteiger partial charge on any atom is -0.384 e. The van der Waals surface area contributed by atoms with Crippen LogP contribution in [-0.2, 0) is 4.79 Å². The molecule has 2 rings (SSSR count). The van der Waals surface area contributed by atoms with Crippen molar-refractivity contribution in [1.82, 2.24) is 14.8 Å². The molecule has 0 spiro atoms. The van der Waals surface area contributed by atoms with Gasteiger partial charge in [-0.15, -0.1) is 0 Å². The van der Waals surface area contributed by atoms with Gasteiger partial charge in [0, 0.05) is 38.1 Å². The maximum atomic E-state index is 13.6. The number of carbonyl (C=O) groups excluding carboxylic acids is 1. The van der Waals surface area contributed by atoms with E-state index in [0.29, 0.717) is 13.1 Å². The number of aromatic nitrogens is 1. The lowest BCUT2D eigenvalue weighted by Gasteiger charge is -2.24. The van der Waals surface area contributed by atoms with Crippen LogP contribution in [0.25, 0.3) is 5.70 Å². The molecule has 0 aromatic carbocycles. The van der Waals surface area contributed by atoms with Gasteiger partial charge in [0.25, 0.3) is 0 Å². The monoisotopic (exact) mass is 493 g/mol. The molecule has 200 valence electrons. The van der Waals surface area contributed by atoms with Crippen molar-refractivity contribution in [3.05, 3.63) is 66.2 Å². The molecule has 1 aromatic rings. The number of nitrogens with one attached hydrogen (secondary N) is 1. The highest BCUT2D eigenvalue weighted by Crippen LogP contribution is 2.21. The highest BCUT2D eigenvalue weighted by molar-refractivity contribution is 5.80. The zero-order valence-electron chi connectivity index (χ0n) is 23.5. The Balaban J connectivity index is 0. The summed E-state index contributed by atoms with van der Waals surface area (Å²) < 4.78 is 28.5. The average Bonchev–Trinajstić information content (AvgIpc) is 3.42. The van der Waals surface area contributed by atoms with E-state index in [1.54, 1.807) is 11.8 Å². The Morgan fingerprint density at radius 2 is 1.66 bits per heavy atom. The van der Waals surface area contributed by atoms with Crippen molar-refractivity contribution < 1.29 is 13.6 Å². The van der Waals surface area contributed by atoms with Gasteiger partial charge in [0.1, 0.15) is 5.83 Å². The quantitative estimate of drug-likeness (QED) is 0.263. The summed E-state index contributed by atoms with van der Waals surface area (Å²) in [5.41, 5.74) is 2.25. The summed E-state index contributed by atoms with van der Waals surface area (Å²) in [5, 5.41) is 3.47. The number of halogens is 2. The lowest BCUT2D eigenvalue weighted by atomic mass is 10.1. The largest absolute Gasteiger partial charge is 0.384 e. The number of carbonyl (C=O) groups is 1. The molecule has 1 aliphatic carbocycles. The Bertz CT molecular complexity index is 789. The van der Waals surface area contributed by atoms with Crippen LogP contribution in [0.15, 0.2) is 66.2 Å². The smallest absolute Gasteiger partial charge is 0.229 e. The third-order valence-electron chi connectivity index (χ3n) is 4.76. The molecule has 0 saturated carbocycles. The summed E-state index contributed by atoms with van der Waals surface area (Å²) >= 11 is 0. The number of hydrogen-bond acceptors (Lipinski definition) is 2. The van der Waals surface area contributed by atoms with Gasteiger partial charge in [-0.3, -0.25) is 4.79 Å². The van der Waals surface area contributed by atoms with Crippen molar-refractivity contribution in [2.75, 3.05) is 19.6 Å². The lowest BCUT2D eigenvalue weighted by Crippen LogP contribution is -2.36. The van der Waals surface area contributed by atoms with Crippen LogP contribution >= 0.6 is 0 Å². The molecule has 1 aliphatic rings. The van der Waals surface area contributed by atoms with Crippen molar-refractivity contribution in [3.8, 4) is 0 Å². The van der Waals surface area contributed by atoms with E-state index in [1.807, 2.05) is 73.0 Å². The summed E-state index contributed by atoms with van der Waals surface area (Å²) in [4.78, 5) is 14.3. The summed E-state index contributed by atoms with van der Waals surface area (Å²) in [6, 6.07) is 4.00. The van der Waals surface area contributed by atoms with Crippen molar-refractivity contribution in [3.63, 3.8) is 0 Å². The fourth-order valence-corrected chi connectivity index (χ4v) is 3.32. The Morgan fingerprint density at radius 3 is 2.20 bits per heavy atom. The van der Waals surface area contributed by atoms with Crippen LogP contribution in [0.1, 0.15) is 81.6 Å². The van der Waals surface area contributed by atoms with E-state index in [2.05, 4.69) is 22.0 Å². The molecule has 1 heterocycles. The molecule has 0 fully saturated rings. The van der Waals surface area contributed by atoms with Gasteiger partial charge in [-0.05, 0) is 58.2 Å². The maximum Gasteiger partial charge on any atom is 0.229 e. The highest BCUT2D eigenvalue weighted by atomic mass is 19.1. The molecule has 4 nitrogen and oxygen atoms in total. The predicted octanol–water partition coefficient (Wildman–Crippen LogP) is 8.28. The van der Waals surface area contributed by atoms with Gasteiger partial charge in [-0.1, -0.05) is 53.7 Å². The van der Waals surface area contributed by atoms with Crippen LogP contribution in [0.3, 0.4) is 0 Å². The van der Waals surface area contributed by atoms with Gasteiger partial charge in [-0.2, -0.15) is 0 Å². The molecule has 1 aromatic heterocycles. The van der Waals surface area contributed by atoms with Gasteiger partial charge in [0.15, 0.2) is 0 Å². The molecule has 35 heavy (non-hydrogen) atoms. The van der Waals surface area contributed by atoms with E-state index in [4.69, 9.17) is 0 Å². The summed E-state index contributed by atoms with van der Waals surface area (Å²) in [6.07, 6.45) is 13.2. The van der Waals surface area contributed by atoms with Crippen LogP contribution in [0.2, 0.25) is 0 Å². The molecule has 1 atom stereocenters. The van der Waals surface area contributed by atoms with E-state index in [0.717, 1.165) is 49.4 Å². The Kier molecular flexibility index (Phi) is 21.6. The van der Waals surface area contributed by atoms with E-state index in [9.17, 15) is 13.6 Å². The van der Waals surface area contributed by atoms with Gasteiger partial charge in [-0.25, -0.2) is 8.78 Å². The molecular formula is C29H49F2N3O. The third-order valence-corrected chi connectivity index (χ3v) is 4.76. The van der Waals surface area contributed by atoms with E-state index in [-0.39, 0.29) is 5.91 Å². The number of rotatable bonds is 10. The van der Waals surface area contributed by atoms with Gasteiger partial charge >= 0.3 is 0 Å². The van der Waals surface area contributed by atoms with Crippen molar-refractivity contribution >= 4 is 11.6 Å². The minimum atomic E-state index is -0.725. The van der Waals surface area contributed by atoms with Crippen LogP contribution < -0.4 is 5.32 Å². The molecule has 0 aliphatic heterocycles. The summed E-state index contributed by atoms with van der Waals surface area (Å²) in [7, 11) is 0. The lowest BCUT2D eigenvalue weighted by molar-refractivity contribution is -0.133. The second kappa shape index (κ2) is 21.9. The minimum absolute atomic E-state index is 0.155. The Morgan fingerprint density at radius 1 is 1.09 bits per heavy atom. The number of hydrogen-bond donors (Lipinski definition) is 1. The van der Waals surface area contributed by atoms with Gasteiger partial charge in [0.2, 0.25) is 5.91 Å². The molecule has 1 unspecified atom stereocenters. The summed E-state index contributed by atoms with van der Waals surface area (Å²) in [6.45, 7) is 18.6. The van der Waals surface area contributed by atoms with Crippen molar-refractivity contribution in [1.29, 1.82) is 0 Å². The van der Waals surface area contributed by atoms with Crippen LogP contribution in [0, 0.1) is 5.92 Å². The van der Waals surface area contributed by atoms with Gasteiger partial charge in [0.05, 0.1) is 23.1 Å². The first-order chi connectivity index (χ1) is 16.9. The number of allylic oxidation sites excluding steroid dienone is 6. The highest BCUT2D eigenvalue weighted by Gasteiger charge is 2.18. The van der Waals surface area contributed by atoms with Gasteiger partial charge < -0.3 is 14.8 Å². The van der Waals surface area contributed by atoms with E-state index in [1.165, 1.54) is 6.92 Å². The molecule has 0 radical (unpaired) electrons. The first kappa shape index (κ1) is 34.5. The molecule has 0 saturated heterocycles. The Labute approximate surface area is 213 Å². The van der Waals surface area contributed by atoms with Crippen LogP contribution in [-0.4, -0.2) is 35.0 Å². The van der Waals surface area contributed by atoms with Crippen molar-refractivity contribution in [2.24, 2.45) is 5.92 Å². The normalized spacial score (nSPS) is 13.9. The van der Waals surface area contributed by atoms with E-state index < -0.39 is 17.6 Å². The Hall–Kier alpha value is -2.63. The fourth-order valence-electron chi connectivity index (χ4n) is 3.32. The van der Waals surface area contributed by atoms with Crippen LogP contribution in [0.5, 0.6) is 0 Å². The maximum absolute atomic E-state index is 13.6. The topological polar surface area (TPSA) is 37.3 Å². The molecular weight excluding hydrogens is 444 g/mol. The molecule has 1 amide bonds. The van der Waals surface area contributed by atoms with Crippen LogP contribution in [0.4, 0.5) is 8.78 Å².